The third-order valence-corrected chi connectivity index (χ3v) is 10.6. The Morgan fingerprint density at radius 3 is 1.37 bits per heavy atom. The summed E-state index contributed by atoms with van der Waals surface area (Å²) < 4.78 is 1.45. The van der Waals surface area contributed by atoms with Crippen molar-refractivity contribution in [3.05, 3.63) is 127 Å². The summed E-state index contributed by atoms with van der Waals surface area (Å²) in [5.41, 5.74) is 16.3. The Hall–Kier alpha value is -1.47. The van der Waals surface area contributed by atoms with E-state index in [1.54, 1.807) is 0 Å². The summed E-state index contributed by atoms with van der Waals surface area (Å²) in [7, 11) is 0. The van der Waals surface area contributed by atoms with Crippen LogP contribution in [0, 0.1) is 36.2 Å². The van der Waals surface area contributed by atoms with E-state index in [0.717, 1.165) is 5.92 Å². The first-order valence-corrected chi connectivity index (χ1v) is 16.9. The largest absolute Gasteiger partial charge is 3.00 e. The van der Waals surface area contributed by atoms with Crippen LogP contribution in [0.15, 0.2) is 108 Å². The van der Waals surface area contributed by atoms with E-state index in [2.05, 4.69) is 120 Å². The van der Waals surface area contributed by atoms with Gasteiger partial charge in [-0.15, -0.1) is 12.5 Å². The molecule has 0 aliphatic heterocycles. The topological polar surface area (TPSA) is 23.8 Å². The Balaban J connectivity index is 0.000000202. The molecule has 0 aromatic heterocycles. The van der Waals surface area contributed by atoms with Crippen molar-refractivity contribution in [3.8, 4) is 11.1 Å². The Bertz CT molecular complexity index is 1240. The third-order valence-electron chi connectivity index (χ3n) is 9.59. The zero-order valence-electron chi connectivity index (χ0n) is 27.8. The Kier molecular flexibility index (Phi) is 14.2. The monoisotopic (exact) mass is 711 g/mol. The van der Waals surface area contributed by atoms with Crippen molar-refractivity contribution in [1.82, 2.24) is 0 Å². The van der Waals surface area contributed by atoms with E-state index in [-0.39, 0.29) is 39.2 Å². The molecule has 5 aliphatic rings. The van der Waals surface area contributed by atoms with Crippen LogP contribution in [0.4, 0.5) is 0 Å². The summed E-state index contributed by atoms with van der Waals surface area (Å²) in [5, 5.41) is 0. The molecule has 1 N–H and O–H groups in total. The predicted molar refractivity (Wildman–Crippen MR) is 187 cm³/mol. The van der Waals surface area contributed by atoms with Crippen LogP contribution in [0.5, 0.6) is 0 Å². The van der Waals surface area contributed by atoms with Crippen molar-refractivity contribution in [2.45, 2.75) is 85.6 Å². The SMILES string of the molecule is CC12CC3CC(C)(C1)CC([NH-])(C3)C2.CC1=[C-]C(C)C(C)=C1C.[CH3-].[GeH2][c]1ccccc1.[Zr+3].c1ccc(-c2ccccc2)cc1. The minimum Gasteiger partial charge on any atom is -0.0622 e. The van der Waals surface area contributed by atoms with Crippen LogP contribution in [-0.4, -0.2) is 22.1 Å². The number of benzene rings is 3. The van der Waals surface area contributed by atoms with E-state index in [1.165, 1.54) is 87.3 Å². The second-order valence-corrected chi connectivity index (χ2v) is 15.6. The first kappa shape index (κ1) is 37.7. The van der Waals surface area contributed by atoms with Gasteiger partial charge in [0.25, 0.3) is 0 Å². The molecule has 0 spiro atoms. The molecular weight excluding hydrogens is 658 g/mol. The van der Waals surface area contributed by atoms with Gasteiger partial charge in [-0.2, -0.15) is 11.1 Å². The molecule has 3 unspecified atom stereocenters. The first-order chi connectivity index (χ1) is 19.4. The molecule has 43 heavy (non-hydrogen) atoms. The maximum absolute atomic E-state index is 8.46. The van der Waals surface area contributed by atoms with Crippen molar-refractivity contribution < 1.29 is 26.2 Å². The van der Waals surface area contributed by atoms with E-state index in [4.69, 9.17) is 5.73 Å². The molecule has 4 fully saturated rings. The summed E-state index contributed by atoms with van der Waals surface area (Å²) in [6, 6.07) is 31.2. The number of nitrogens with one attached hydrogen (secondary N) is 1. The van der Waals surface area contributed by atoms with Gasteiger partial charge in [-0.25, -0.2) is 5.57 Å². The molecule has 3 aromatic rings. The van der Waals surface area contributed by atoms with Crippen molar-refractivity contribution in [3.63, 3.8) is 0 Å². The van der Waals surface area contributed by atoms with Crippen molar-refractivity contribution in [2.24, 2.45) is 22.7 Å². The summed E-state index contributed by atoms with van der Waals surface area (Å²) in [6.45, 7) is 13.5. The fourth-order valence-electron chi connectivity index (χ4n) is 8.35. The fraction of sp³-hybridized carbons (Fsp3) is 0.425. The van der Waals surface area contributed by atoms with Gasteiger partial charge in [0.2, 0.25) is 0 Å². The Morgan fingerprint density at radius 1 is 0.698 bits per heavy atom. The van der Waals surface area contributed by atoms with Gasteiger partial charge >= 0.3 is 77.4 Å². The number of allylic oxidation sites excluding steroid dienone is 4. The molecule has 0 amide bonds. The van der Waals surface area contributed by atoms with Crippen molar-refractivity contribution in [2.75, 3.05) is 0 Å². The molecule has 8 rings (SSSR count). The Morgan fingerprint density at radius 2 is 1.12 bits per heavy atom. The van der Waals surface area contributed by atoms with Crippen LogP contribution < -0.4 is 4.40 Å². The quantitative estimate of drug-likeness (QED) is 0.177. The minimum atomic E-state index is -0.0249. The second kappa shape index (κ2) is 16.2. The molecule has 3 heteroatoms. The number of hydrogen-bond donors (Lipinski definition) is 0. The number of rotatable bonds is 1. The molecule has 4 saturated carbocycles. The summed E-state index contributed by atoms with van der Waals surface area (Å²) in [5.74, 6) is 1.45. The average Bonchev–Trinajstić information content (AvgIpc) is 3.13. The van der Waals surface area contributed by atoms with E-state index in [1.807, 2.05) is 18.2 Å². The van der Waals surface area contributed by atoms with Crippen molar-refractivity contribution >= 4 is 20.9 Å². The maximum Gasteiger partial charge on any atom is 3.00 e. The van der Waals surface area contributed by atoms with E-state index in [0.29, 0.717) is 16.7 Å². The van der Waals surface area contributed by atoms with Gasteiger partial charge in [-0.1, -0.05) is 120 Å². The van der Waals surface area contributed by atoms with Crippen LogP contribution in [0.25, 0.3) is 16.9 Å². The molecule has 4 bridgehead atoms. The maximum atomic E-state index is 8.46. The first-order valence-electron chi connectivity index (χ1n) is 15.4. The average molecular weight is 712 g/mol. The van der Waals surface area contributed by atoms with Crippen LogP contribution in [-0.2, 0) is 26.2 Å². The standard InChI is InChI=1S/C12H20N.C12H10.C9H13.C6H7Ge.CH3.Zr/c1-10-3-9-4-11(2,6-10)8-12(13,5-9)7-10;1-3-7-11(8-4-1)12-9-5-2-6-10-12;1-6-5-7(2)9(4)8(6)3;7-6-4-2-1-3-5-6;;/h9,13H,3-8H2,1-2H3;1-10H;6H,1-4H3;1-5H,7H2;1H3;/q-1;;-1;;-1;+3. The second-order valence-electron chi connectivity index (χ2n) is 13.9. The molecule has 2 radical (unpaired) electrons. The van der Waals surface area contributed by atoms with Gasteiger partial charge in [0.15, 0.2) is 0 Å². The van der Waals surface area contributed by atoms with Gasteiger partial charge < -0.3 is 13.2 Å². The molecule has 3 aromatic carbocycles. The van der Waals surface area contributed by atoms with Gasteiger partial charge in [-0.05, 0) is 47.1 Å². The van der Waals surface area contributed by atoms with E-state index in [9.17, 15) is 0 Å². The molecule has 1 nitrogen and oxygen atoms in total. The predicted octanol–water partition coefficient (Wildman–Crippen LogP) is 10.3. The zero-order chi connectivity index (χ0) is 29.7. The zero-order valence-corrected chi connectivity index (χ0v) is 33.2. The summed E-state index contributed by atoms with van der Waals surface area (Å²) in [6.07, 6.45) is 11.2. The summed E-state index contributed by atoms with van der Waals surface area (Å²) in [4.78, 5) is 0. The van der Waals surface area contributed by atoms with Crippen LogP contribution in [0.1, 0.15) is 80.1 Å². The van der Waals surface area contributed by atoms with Gasteiger partial charge in [0, 0.05) is 0 Å². The minimum absolute atomic E-state index is 0. The van der Waals surface area contributed by atoms with Crippen LogP contribution >= 0.6 is 0 Å². The van der Waals surface area contributed by atoms with Crippen LogP contribution in [0.2, 0.25) is 0 Å². The van der Waals surface area contributed by atoms with Crippen molar-refractivity contribution in [1.29, 1.82) is 0 Å². The van der Waals surface area contributed by atoms with E-state index < -0.39 is 0 Å². The van der Waals surface area contributed by atoms with Crippen LogP contribution in [0.3, 0.4) is 0 Å². The molecule has 226 valence electrons. The van der Waals surface area contributed by atoms with Gasteiger partial charge in [0.05, 0.1) is 0 Å². The molecule has 5 aliphatic carbocycles. The third kappa shape index (κ3) is 10.5. The smallest absolute Gasteiger partial charge is 0.0622 e. The molecule has 0 heterocycles. The molecule has 3 atom stereocenters. The molecular formula is C40H53GeNZr. The molecule has 0 saturated heterocycles. The fourth-order valence-corrected chi connectivity index (χ4v) is 8.92. The van der Waals surface area contributed by atoms with Gasteiger partial charge in [-0.3, -0.25) is 6.08 Å². The van der Waals surface area contributed by atoms with E-state index >= 15 is 0 Å². The summed E-state index contributed by atoms with van der Waals surface area (Å²) >= 11 is 1.26. The van der Waals surface area contributed by atoms with Gasteiger partial charge in [0.1, 0.15) is 0 Å². The normalized spacial score (nSPS) is 29.3. The Labute approximate surface area is 291 Å². The number of hydrogen-bond acceptors (Lipinski definition) is 0.